The average molecular weight is 397 g/mol. The van der Waals surface area contributed by atoms with Gasteiger partial charge in [-0.05, 0) is 41.6 Å². The second-order valence-corrected chi connectivity index (χ2v) is 8.01. The van der Waals surface area contributed by atoms with Crippen LogP contribution in [-0.2, 0) is 6.42 Å². The number of hydrogen-bond donors (Lipinski definition) is 3. The summed E-state index contributed by atoms with van der Waals surface area (Å²) in [6, 6.07) is 18.8. The van der Waals surface area contributed by atoms with Crippen LogP contribution in [0.1, 0.15) is 16.5 Å². The van der Waals surface area contributed by atoms with Gasteiger partial charge in [0, 0.05) is 49.5 Å². The highest BCUT2D eigenvalue weighted by Gasteiger charge is 2.12. The van der Waals surface area contributed by atoms with E-state index in [4.69, 9.17) is 0 Å². The van der Waals surface area contributed by atoms with Crippen molar-refractivity contribution in [3.05, 3.63) is 65.0 Å². The number of aliphatic imine (C=N–C) groups is 1. The van der Waals surface area contributed by atoms with Gasteiger partial charge in [0.25, 0.3) is 0 Å². The minimum Gasteiger partial charge on any atom is -0.386 e. The Morgan fingerprint density at radius 3 is 2.54 bits per heavy atom. The van der Waals surface area contributed by atoms with Crippen LogP contribution in [0.3, 0.4) is 0 Å². The minimum absolute atomic E-state index is 0.421. The van der Waals surface area contributed by atoms with Crippen molar-refractivity contribution < 1.29 is 5.11 Å². The minimum atomic E-state index is -0.561. The fourth-order valence-electron chi connectivity index (χ4n) is 2.97. The molecule has 148 valence electrons. The molecule has 0 fully saturated rings. The molecule has 0 radical (unpaired) electrons. The van der Waals surface area contributed by atoms with E-state index < -0.39 is 6.10 Å². The predicted molar refractivity (Wildman–Crippen MR) is 121 cm³/mol. The third-order valence-electron chi connectivity index (χ3n) is 4.62. The molecule has 28 heavy (non-hydrogen) atoms. The monoisotopic (exact) mass is 396 g/mol. The van der Waals surface area contributed by atoms with Crippen molar-refractivity contribution in [2.24, 2.45) is 4.99 Å². The summed E-state index contributed by atoms with van der Waals surface area (Å²) in [4.78, 5) is 7.30. The number of nitrogens with zero attached hydrogens (tertiary/aromatic N) is 2. The lowest BCUT2D eigenvalue weighted by atomic mass is 10.1. The van der Waals surface area contributed by atoms with Crippen LogP contribution in [-0.4, -0.2) is 45.3 Å². The molecule has 0 aliphatic carbocycles. The van der Waals surface area contributed by atoms with Gasteiger partial charge in [0.05, 0.1) is 0 Å². The van der Waals surface area contributed by atoms with E-state index in [9.17, 15) is 5.11 Å². The highest BCUT2D eigenvalue weighted by atomic mass is 32.1. The van der Waals surface area contributed by atoms with Gasteiger partial charge in [-0.1, -0.05) is 30.3 Å². The van der Waals surface area contributed by atoms with Gasteiger partial charge in [-0.15, -0.1) is 11.3 Å². The zero-order valence-corrected chi connectivity index (χ0v) is 17.5. The van der Waals surface area contributed by atoms with Gasteiger partial charge in [-0.3, -0.25) is 4.99 Å². The lowest BCUT2D eigenvalue weighted by molar-refractivity contribution is 0.184. The Bertz CT molecular complexity index is 885. The first-order valence-electron chi connectivity index (χ1n) is 9.44. The molecule has 0 aliphatic rings. The molecule has 0 amide bonds. The van der Waals surface area contributed by atoms with Crippen LogP contribution >= 0.6 is 11.3 Å². The van der Waals surface area contributed by atoms with Crippen LogP contribution in [0, 0.1) is 0 Å². The molecule has 6 heteroatoms. The molecule has 3 rings (SSSR count). The molecule has 0 spiro atoms. The quantitative estimate of drug-likeness (QED) is 0.423. The van der Waals surface area contributed by atoms with Gasteiger partial charge in [0.1, 0.15) is 6.10 Å². The van der Waals surface area contributed by atoms with Gasteiger partial charge >= 0.3 is 0 Å². The largest absolute Gasteiger partial charge is 0.386 e. The Hall–Kier alpha value is -2.57. The van der Waals surface area contributed by atoms with Gasteiger partial charge in [-0.2, -0.15) is 0 Å². The second-order valence-electron chi connectivity index (χ2n) is 6.89. The summed E-state index contributed by atoms with van der Waals surface area (Å²) in [7, 11) is 5.83. The number of aliphatic hydroxyl groups excluding tert-OH is 1. The van der Waals surface area contributed by atoms with E-state index in [0.717, 1.165) is 17.8 Å². The number of guanidine groups is 1. The topological polar surface area (TPSA) is 59.9 Å². The Kier molecular flexibility index (Phi) is 6.90. The van der Waals surface area contributed by atoms with E-state index in [1.54, 1.807) is 18.4 Å². The number of hydrogen-bond acceptors (Lipinski definition) is 4. The van der Waals surface area contributed by atoms with E-state index in [1.165, 1.54) is 21.3 Å². The van der Waals surface area contributed by atoms with Crippen LogP contribution in [0.15, 0.2) is 59.6 Å². The predicted octanol–water partition coefficient (Wildman–Crippen LogP) is 3.41. The van der Waals surface area contributed by atoms with Crippen LogP contribution in [0.25, 0.3) is 10.1 Å². The molecule has 0 aliphatic heterocycles. The highest BCUT2D eigenvalue weighted by molar-refractivity contribution is 7.19. The maximum Gasteiger partial charge on any atom is 0.191 e. The molecule has 1 aromatic heterocycles. The standard InChI is InChI=1S/C22H28N4OS/c1-23-22(24-13-12-16-8-10-18(11-9-16)26(2)3)25-15-19(27)21-14-17-6-4-5-7-20(17)28-21/h4-11,14,19,27H,12-13,15H2,1-3H3,(H2,23,24,25). The maximum atomic E-state index is 10.5. The summed E-state index contributed by atoms with van der Waals surface area (Å²) >= 11 is 1.63. The molecule has 5 nitrogen and oxygen atoms in total. The van der Waals surface area contributed by atoms with Gasteiger partial charge in [0.15, 0.2) is 5.96 Å². The number of thiophene rings is 1. The average Bonchev–Trinajstić information content (AvgIpc) is 3.15. The van der Waals surface area contributed by atoms with Crippen LogP contribution in [0.5, 0.6) is 0 Å². The third kappa shape index (κ3) is 5.24. The lowest BCUT2D eigenvalue weighted by Gasteiger charge is -2.15. The van der Waals surface area contributed by atoms with E-state index in [1.807, 2.05) is 26.2 Å². The fourth-order valence-corrected chi connectivity index (χ4v) is 4.02. The van der Waals surface area contributed by atoms with E-state index in [-0.39, 0.29) is 0 Å². The second kappa shape index (κ2) is 9.57. The molecule has 0 saturated carbocycles. The molecule has 1 atom stereocenters. The van der Waals surface area contributed by atoms with E-state index in [0.29, 0.717) is 12.5 Å². The molecular formula is C22H28N4OS. The Balaban J connectivity index is 1.46. The molecule has 0 bridgehead atoms. The van der Waals surface area contributed by atoms with Crippen molar-refractivity contribution in [3.63, 3.8) is 0 Å². The fraction of sp³-hybridized carbons (Fsp3) is 0.318. The molecule has 0 saturated heterocycles. The van der Waals surface area contributed by atoms with Gasteiger partial charge < -0.3 is 20.6 Å². The molecule has 2 aromatic carbocycles. The number of benzene rings is 2. The van der Waals surface area contributed by atoms with Crippen molar-refractivity contribution in [2.45, 2.75) is 12.5 Å². The Morgan fingerprint density at radius 1 is 1.11 bits per heavy atom. The van der Waals surface area contributed by atoms with Gasteiger partial charge in [0.2, 0.25) is 0 Å². The van der Waals surface area contributed by atoms with Crippen molar-refractivity contribution in [1.82, 2.24) is 10.6 Å². The number of fused-ring (bicyclic) bond motifs is 1. The van der Waals surface area contributed by atoms with Crippen LogP contribution < -0.4 is 15.5 Å². The Labute approximate surface area is 170 Å². The zero-order valence-electron chi connectivity index (χ0n) is 16.6. The van der Waals surface area contributed by atoms with Crippen molar-refractivity contribution in [3.8, 4) is 0 Å². The summed E-state index contributed by atoms with van der Waals surface area (Å²) in [5.41, 5.74) is 2.48. The SMILES string of the molecule is CN=C(NCCc1ccc(N(C)C)cc1)NCC(O)c1cc2ccccc2s1. The van der Waals surface area contributed by atoms with Crippen molar-refractivity contribution in [2.75, 3.05) is 39.1 Å². The molecule has 3 N–H and O–H groups in total. The molecular weight excluding hydrogens is 368 g/mol. The Morgan fingerprint density at radius 2 is 1.86 bits per heavy atom. The number of anilines is 1. The summed E-state index contributed by atoms with van der Waals surface area (Å²) in [6.07, 6.45) is 0.349. The smallest absolute Gasteiger partial charge is 0.191 e. The molecule has 1 unspecified atom stereocenters. The lowest BCUT2D eigenvalue weighted by Crippen LogP contribution is -2.40. The third-order valence-corrected chi connectivity index (χ3v) is 5.84. The van der Waals surface area contributed by atoms with Crippen molar-refractivity contribution in [1.29, 1.82) is 0 Å². The summed E-state index contributed by atoms with van der Waals surface area (Å²) in [6.45, 7) is 1.20. The van der Waals surface area contributed by atoms with E-state index in [2.05, 4.69) is 63.0 Å². The first kappa shape index (κ1) is 20.2. The first-order chi connectivity index (χ1) is 13.6. The number of rotatable bonds is 7. The van der Waals surface area contributed by atoms with Crippen LogP contribution in [0.2, 0.25) is 0 Å². The molecule has 3 aromatic rings. The normalized spacial score (nSPS) is 12.8. The highest BCUT2D eigenvalue weighted by Crippen LogP contribution is 2.29. The first-order valence-corrected chi connectivity index (χ1v) is 10.3. The maximum absolute atomic E-state index is 10.5. The van der Waals surface area contributed by atoms with E-state index >= 15 is 0 Å². The van der Waals surface area contributed by atoms with Crippen molar-refractivity contribution >= 4 is 33.1 Å². The molecule has 1 heterocycles. The van der Waals surface area contributed by atoms with Crippen LogP contribution in [0.4, 0.5) is 5.69 Å². The number of nitrogens with one attached hydrogen (secondary N) is 2. The summed E-state index contributed by atoms with van der Waals surface area (Å²) in [5.74, 6) is 0.699. The number of aliphatic hydroxyl groups is 1. The summed E-state index contributed by atoms with van der Waals surface area (Å²) < 4.78 is 1.19. The summed E-state index contributed by atoms with van der Waals surface area (Å²) in [5, 5.41) is 18.2. The van der Waals surface area contributed by atoms with Gasteiger partial charge in [-0.25, -0.2) is 0 Å². The zero-order chi connectivity index (χ0) is 19.9.